The third-order valence-electron chi connectivity index (χ3n) is 5.13. The van der Waals surface area contributed by atoms with Crippen molar-refractivity contribution in [2.75, 3.05) is 13.2 Å². The zero-order chi connectivity index (χ0) is 16.0. The minimum Gasteiger partial charge on any atom is -0.466 e. The van der Waals surface area contributed by atoms with Gasteiger partial charge in [-0.25, -0.2) is 0 Å². The highest BCUT2D eigenvalue weighted by Crippen LogP contribution is 2.65. The highest BCUT2D eigenvalue weighted by Gasteiger charge is 2.77. The van der Waals surface area contributed by atoms with E-state index in [0.717, 1.165) is 16.3 Å². The van der Waals surface area contributed by atoms with Gasteiger partial charge in [-0.05, 0) is 29.7 Å². The first-order chi connectivity index (χ1) is 11.2. The molecule has 23 heavy (non-hydrogen) atoms. The van der Waals surface area contributed by atoms with Crippen LogP contribution in [0.1, 0.15) is 12.5 Å². The molecule has 0 radical (unpaired) electrons. The average Bonchev–Trinajstić information content (AvgIpc) is 3.10. The number of ether oxygens (including phenoxy) is 2. The quantitative estimate of drug-likeness (QED) is 0.815. The number of esters is 2. The molecular weight excluding hydrogens is 292 g/mol. The summed E-state index contributed by atoms with van der Waals surface area (Å²) in [5.74, 6) is -0.917. The van der Waals surface area contributed by atoms with E-state index in [-0.39, 0.29) is 23.8 Å². The minimum absolute atomic E-state index is 0.0412. The van der Waals surface area contributed by atoms with Crippen LogP contribution < -0.4 is 0 Å². The Kier molecular flexibility index (Phi) is 3.15. The van der Waals surface area contributed by atoms with Crippen molar-refractivity contribution in [2.45, 2.75) is 13.3 Å². The number of rotatable bonds is 4. The fourth-order valence-corrected chi connectivity index (χ4v) is 3.95. The molecule has 1 aliphatic carbocycles. The molecule has 1 saturated heterocycles. The highest BCUT2D eigenvalue weighted by molar-refractivity contribution is 5.94. The van der Waals surface area contributed by atoms with Crippen LogP contribution in [0.3, 0.4) is 0 Å². The molecule has 1 aliphatic heterocycles. The van der Waals surface area contributed by atoms with E-state index < -0.39 is 5.41 Å². The molecule has 1 heterocycles. The number of fused-ring (bicyclic) bond motifs is 2. The molecule has 0 aromatic heterocycles. The van der Waals surface area contributed by atoms with Gasteiger partial charge < -0.3 is 9.47 Å². The number of cyclic esters (lactones) is 1. The first-order valence-electron chi connectivity index (χ1n) is 7.98. The maximum Gasteiger partial charge on any atom is 0.313 e. The molecule has 4 nitrogen and oxygen atoms in total. The van der Waals surface area contributed by atoms with Crippen molar-refractivity contribution in [2.24, 2.45) is 17.3 Å². The van der Waals surface area contributed by atoms with Gasteiger partial charge in [-0.15, -0.1) is 0 Å². The largest absolute Gasteiger partial charge is 0.466 e. The van der Waals surface area contributed by atoms with Gasteiger partial charge in [0.1, 0.15) is 0 Å². The summed E-state index contributed by atoms with van der Waals surface area (Å²) in [4.78, 5) is 24.4. The zero-order valence-electron chi connectivity index (χ0n) is 13.0. The van der Waals surface area contributed by atoms with Crippen molar-refractivity contribution in [1.29, 1.82) is 0 Å². The van der Waals surface area contributed by atoms with Gasteiger partial charge >= 0.3 is 11.9 Å². The van der Waals surface area contributed by atoms with Gasteiger partial charge in [0.15, 0.2) is 0 Å². The Bertz CT molecular complexity index is 797. The van der Waals surface area contributed by atoms with E-state index in [9.17, 15) is 9.59 Å². The van der Waals surface area contributed by atoms with Crippen molar-refractivity contribution < 1.29 is 19.1 Å². The van der Waals surface area contributed by atoms with Crippen molar-refractivity contribution >= 4 is 22.7 Å². The first-order valence-corrected chi connectivity index (χ1v) is 7.98. The van der Waals surface area contributed by atoms with Gasteiger partial charge in [0.2, 0.25) is 0 Å². The Morgan fingerprint density at radius 3 is 2.83 bits per heavy atom. The second-order valence-electron chi connectivity index (χ2n) is 6.33. The fourth-order valence-electron chi connectivity index (χ4n) is 3.95. The van der Waals surface area contributed by atoms with Gasteiger partial charge in [0, 0.05) is 5.92 Å². The SMILES string of the molecule is CCOC(=O)[C@@H]1C2COC(=O)C21Cc1ccc2ccccc2c1. The maximum atomic E-state index is 12.3. The Morgan fingerprint density at radius 2 is 2.04 bits per heavy atom. The van der Waals surface area contributed by atoms with Gasteiger partial charge in [0.05, 0.1) is 24.5 Å². The van der Waals surface area contributed by atoms with Crippen LogP contribution in [-0.4, -0.2) is 25.2 Å². The van der Waals surface area contributed by atoms with E-state index in [1.165, 1.54) is 0 Å². The van der Waals surface area contributed by atoms with Crippen molar-refractivity contribution in [3.63, 3.8) is 0 Å². The predicted octanol–water partition coefficient (Wildman–Crippen LogP) is 2.73. The third-order valence-corrected chi connectivity index (χ3v) is 5.13. The van der Waals surface area contributed by atoms with Crippen LogP contribution in [0, 0.1) is 17.3 Å². The fraction of sp³-hybridized carbons (Fsp3) is 0.368. The normalized spacial score (nSPS) is 28.3. The standard InChI is InChI=1S/C19H18O4/c1-2-22-17(20)16-15-11-23-18(21)19(15,16)10-12-7-8-13-5-3-4-6-14(13)9-12/h3-9,15-16H,2,10-11H2,1H3/t15?,16-,19?/m0/s1. The lowest BCUT2D eigenvalue weighted by molar-refractivity contribution is -0.154. The molecule has 4 rings (SSSR count). The number of carbonyl (C=O) groups is 2. The third kappa shape index (κ3) is 2.05. The smallest absolute Gasteiger partial charge is 0.313 e. The van der Waals surface area contributed by atoms with Gasteiger partial charge in [-0.3, -0.25) is 9.59 Å². The molecule has 0 spiro atoms. The van der Waals surface area contributed by atoms with E-state index >= 15 is 0 Å². The Labute approximate surface area is 134 Å². The Balaban J connectivity index is 1.65. The minimum atomic E-state index is -0.714. The van der Waals surface area contributed by atoms with Crippen molar-refractivity contribution in [3.8, 4) is 0 Å². The summed E-state index contributed by atoms with van der Waals surface area (Å²) >= 11 is 0. The molecule has 0 bridgehead atoms. The van der Waals surface area contributed by atoms with Crippen LogP contribution >= 0.6 is 0 Å². The lowest BCUT2D eigenvalue weighted by atomic mass is 9.92. The Hall–Kier alpha value is -2.36. The van der Waals surface area contributed by atoms with Gasteiger partial charge in [0.25, 0.3) is 0 Å². The lowest BCUT2D eigenvalue weighted by Crippen LogP contribution is -2.25. The van der Waals surface area contributed by atoms with Crippen LogP contribution in [0.2, 0.25) is 0 Å². The van der Waals surface area contributed by atoms with E-state index in [0.29, 0.717) is 19.6 Å². The number of hydrogen-bond donors (Lipinski definition) is 0. The van der Waals surface area contributed by atoms with E-state index in [1.54, 1.807) is 6.92 Å². The highest BCUT2D eigenvalue weighted by atomic mass is 16.6. The molecule has 4 heteroatoms. The van der Waals surface area contributed by atoms with Gasteiger partial charge in [-0.2, -0.15) is 0 Å². The summed E-state index contributed by atoms with van der Waals surface area (Å²) < 4.78 is 10.3. The summed E-state index contributed by atoms with van der Waals surface area (Å²) in [6.45, 7) is 2.45. The second-order valence-corrected chi connectivity index (χ2v) is 6.33. The molecule has 2 fully saturated rings. The topological polar surface area (TPSA) is 52.6 Å². The molecule has 2 aromatic carbocycles. The van der Waals surface area contributed by atoms with Crippen LogP contribution in [0.15, 0.2) is 42.5 Å². The molecule has 0 amide bonds. The second kappa shape index (κ2) is 5.08. The molecule has 2 aromatic rings. The lowest BCUT2D eigenvalue weighted by Gasteiger charge is -2.13. The number of hydrogen-bond acceptors (Lipinski definition) is 4. The molecule has 2 aliphatic rings. The molecule has 0 N–H and O–H groups in total. The molecule has 118 valence electrons. The van der Waals surface area contributed by atoms with Crippen LogP contribution in [0.25, 0.3) is 10.8 Å². The Morgan fingerprint density at radius 1 is 1.26 bits per heavy atom. The first kappa shape index (κ1) is 14.2. The van der Waals surface area contributed by atoms with Crippen LogP contribution in [0.5, 0.6) is 0 Å². The number of benzene rings is 2. The van der Waals surface area contributed by atoms with E-state index in [2.05, 4.69) is 24.3 Å². The number of carbonyl (C=O) groups excluding carboxylic acids is 2. The van der Waals surface area contributed by atoms with Gasteiger partial charge in [-0.1, -0.05) is 42.5 Å². The summed E-state index contributed by atoms with van der Waals surface area (Å²) in [7, 11) is 0. The predicted molar refractivity (Wildman–Crippen MR) is 84.7 cm³/mol. The van der Waals surface area contributed by atoms with E-state index in [4.69, 9.17) is 9.47 Å². The van der Waals surface area contributed by atoms with Crippen LogP contribution in [-0.2, 0) is 25.5 Å². The summed E-state index contributed by atoms with van der Waals surface area (Å²) in [5, 5.41) is 2.30. The van der Waals surface area contributed by atoms with E-state index in [1.807, 2.05) is 18.2 Å². The van der Waals surface area contributed by atoms with Crippen molar-refractivity contribution in [3.05, 3.63) is 48.0 Å². The maximum absolute atomic E-state index is 12.3. The monoisotopic (exact) mass is 310 g/mol. The average molecular weight is 310 g/mol. The summed E-state index contributed by atoms with van der Waals surface area (Å²) in [5.41, 5.74) is 0.341. The molecule has 1 saturated carbocycles. The van der Waals surface area contributed by atoms with Crippen molar-refractivity contribution in [1.82, 2.24) is 0 Å². The zero-order valence-corrected chi connectivity index (χ0v) is 13.0. The molecular formula is C19H18O4. The van der Waals surface area contributed by atoms with Crippen LogP contribution in [0.4, 0.5) is 0 Å². The summed E-state index contributed by atoms with van der Waals surface area (Å²) in [6, 6.07) is 14.3. The molecule has 2 unspecified atom stereocenters. The molecule has 3 atom stereocenters. The summed E-state index contributed by atoms with van der Waals surface area (Å²) in [6.07, 6.45) is 0.533.